The van der Waals surface area contributed by atoms with Crippen LogP contribution in [0.15, 0.2) is 47.4 Å². The summed E-state index contributed by atoms with van der Waals surface area (Å²) in [4.78, 5) is 12.1. The zero-order valence-electron chi connectivity index (χ0n) is 12.8. The van der Waals surface area contributed by atoms with Gasteiger partial charge in [-0.15, -0.1) is 0 Å². The molecule has 2 rings (SSSR count). The van der Waals surface area contributed by atoms with E-state index in [2.05, 4.69) is 10.0 Å². The van der Waals surface area contributed by atoms with Gasteiger partial charge in [-0.2, -0.15) is 0 Å². The molecule has 0 unspecified atom stereocenters. The summed E-state index contributed by atoms with van der Waals surface area (Å²) in [5, 5.41) is 2.82. The van der Waals surface area contributed by atoms with Gasteiger partial charge in [0, 0.05) is 12.1 Å². The summed E-state index contributed by atoms with van der Waals surface area (Å²) < 4.78 is 25.9. The molecule has 0 saturated carbocycles. The van der Waals surface area contributed by atoms with E-state index in [1.165, 1.54) is 25.2 Å². The Labute approximate surface area is 140 Å². The number of rotatable bonds is 5. The minimum Gasteiger partial charge on any atom is -0.348 e. The predicted octanol–water partition coefficient (Wildman–Crippen LogP) is 2.49. The molecule has 0 aliphatic rings. The molecule has 0 bridgehead atoms. The van der Waals surface area contributed by atoms with Crippen molar-refractivity contribution in [3.63, 3.8) is 0 Å². The number of carbonyl (C=O) groups excluding carboxylic acids is 1. The van der Waals surface area contributed by atoms with Crippen molar-refractivity contribution in [2.75, 3.05) is 7.05 Å². The minimum atomic E-state index is -3.72. The van der Waals surface area contributed by atoms with Crippen LogP contribution in [0, 0.1) is 6.92 Å². The average molecular weight is 353 g/mol. The molecule has 5 nitrogen and oxygen atoms in total. The molecule has 0 heterocycles. The summed E-state index contributed by atoms with van der Waals surface area (Å²) in [6.45, 7) is 2.34. The number of hydrogen-bond acceptors (Lipinski definition) is 3. The van der Waals surface area contributed by atoms with Gasteiger partial charge in [-0.25, -0.2) is 13.1 Å². The smallest absolute Gasteiger partial charge is 0.251 e. The second-order valence-corrected chi connectivity index (χ2v) is 7.28. The van der Waals surface area contributed by atoms with E-state index in [-0.39, 0.29) is 21.4 Å². The summed E-state index contributed by atoms with van der Waals surface area (Å²) in [5.74, 6) is -0.366. The van der Waals surface area contributed by atoms with Crippen LogP contribution in [0.25, 0.3) is 0 Å². The van der Waals surface area contributed by atoms with Crippen LogP contribution in [0.5, 0.6) is 0 Å². The van der Waals surface area contributed by atoms with Crippen LogP contribution in [0.1, 0.15) is 21.5 Å². The molecule has 122 valence electrons. The molecule has 2 aromatic rings. The highest BCUT2D eigenvalue weighted by molar-refractivity contribution is 7.89. The average Bonchev–Trinajstić information content (AvgIpc) is 2.54. The van der Waals surface area contributed by atoms with E-state index in [1.807, 2.05) is 31.2 Å². The highest BCUT2D eigenvalue weighted by Gasteiger charge is 2.18. The van der Waals surface area contributed by atoms with E-state index in [0.717, 1.165) is 11.1 Å². The molecule has 0 spiro atoms. The number of sulfonamides is 1. The van der Waals surface area contributed by atoms with Gasteiger partial charge in [0.2, 0.25) is 10.0 Å². The zero-order valence-corrected chi connectivity index (χ0v) is 14.3. The number of aryl methyl sites for hydroxylation is 1. The Kier molecular flexibility index (Phi) is 5.41. The molecule has 1 amide bonds. The van der Waals surface area contributed by atoms with Crippen LogP contribution in [-0.4, -0.2) is 21.4 Å². The van der Waals surface area contributed by atoms with Crippen LogP contribution in [0.4, 0.5) is 0 Å². The van der Waals surface area contributed by atoms with E-state index in [0.29, 0.717) is 6.54 Å². The molecule has 0 fully saturated rings. The maximum absolute atomic E-state index is 12.2. The van der Waals surface area contributed by atoms with Crippen molar-refractivity contribution in [2.45, 2.75) is 18.4 Å². The molecular formula is C16H17ClN2O3S. The maximum Gasteiger partial charge on any atom is 0.251 e. The molecule has 23 heavy (non-hydrogen) atoms. The topological polar surface area (TPSA) is 75.3 Å². The monoisotopic (exact) mass is 352 g/mol. The highest BCUT2D eigenvalue weighted by Crippen LogP contribution is 2.22. The quantitative estimate of drug-likeness (QED) is 0.868. The Hall–Kier alpha value is -1.89. The second-order valence-electron chi connectivity index (χ2n) is 5.02. The van der Waals surface area contributed by atoms with Crippen molar-refractivity contribution < 1.29 is 13.2 Å². The van der Waals surface area contributed by atoms with Crippen LogP contribution < -0.4 is 10.0 Å². The van der Waals surface area contributed by atoms with Gasteiger partial charge in [0.05, 0.1) is 5.02 Å². The van der Waals surface area contributed by atoms with Gasteiger partial charge in [-0.05, 0) is 37.7 Å². The van der Waals surface area contributed by atoms with Gasteiger partial charge in [-0.1, -0.05) is 41.4 Å². The predicted molar refractivity (Wildman–Crippen MR) is 90.0 cm³/mol. The van der Waals surface area contributed by atoms with E-state index < -0.39 is 10.0 Å². The summed E-state index contributed by atoms with van der Waals surface area (Å²) >= 11 is 5.90. The van der Waals surface area contributed by atoms with Crippen LogP contribution in [0.3, 0.4) is 0 Å². The lowest BCUT2D eigenvalue weighted by molar-refractivity contribution is 0.0950. The molecule has 0 saturated heterocycles. The fraction of sp³-hybridized carbons (Fsp3) is 0.188. The van der Waals surface area contributed by atoms with Crippen molar-refractivity contribution >= 4 is 27.5 Å². The Morgan fingerprint density at radius 2 is 1.78 bits per heavy atom. The Bertz CT molecular complexity index is 818. The van der Waals surface area contributed by atoms with E-state index in [1.54, 1.807) is 0 Å². The van der Waals surface area contributed by atoms with E-state index in [4.69, 9.17) is 11.6 Å². The molecule has 0 radical (unpaired) electrons. The summed E-state index contributed by atoms with van der Waals surface area (Å²) in [6.07, 6.45) is 0. The normalized spacial score (nSPS) is 11.3. The van der Waals surface area contributed by atoms with Crippen molar-refractivity contribution in [1.29, 1.82) is 0 Å². The van der Waals surface area contributed by atoms with Gasteiger partial charge >= 0.3 is 0 Å². The van der Waals surface area contributed by atoms with Gasteiger partial charge in [0.25, 0.3) is 5.91 Å². The first-order valence-electron chi connectivity index (χ1n) is 6.90. The van der Waals surface area contributed by atoms with E-state index >= 15 is 0 Å². The fourth-order valence-corrected chi connectivity index (χ4v) is 3.20. The van der Waals surface area contributed by atoms with Gasteiger partial charge in [-0.3, -0.25) is 4.79 Å². The summed E-state index contributed by atoms with van der Waals surface area (Å²) in [6, 6.07) is 11.9. The van der Waals surface area contributed by atoms with Crippen molar-refractivity contribution in [3.05, 3.63) is 64.2 Å². The Balaban J connectivity index is 2.16. The summed E-state index contributed by atoms with van der Waals surface area (Å²) in [7, 11) is -2.43. The number of nitrogens with one attached hydrogen (secondary N) is 2. The van der Waals surface area contributed by atoms with Crippen LogP contribution in [-0.2, 0) is 16.6 Å². The van der Waals surface area contributed by atoms with Gasteiger partial charge in [0.1, 0.15) is 4.90 Å². The molecule has 0 aliphatic carbocycles. The lowest BCUT2D eigenvalue weighted by atomic mass is 10.1. The molecular weight excluding hydrogens is 336 g/mol. The van der Waals surface area contributed by atoms with Gasteiger partial charge < -0.3 is 5.32 Å². The molecule has 7 heteroatoms. The maximum atomic E-state index is 12.2. The van der Waals surface area contributed by atoms with Crippen molar-refractivity contribution in [1.82, 2.24) is 10.0 Å². The number of benzene rings is 2. The first-order valence-corrected chi connectivity index (χ1v) is 8.76. The van der Waals surface area contributed by atoms with Crippen molar-refractivity contribution in [3.8, 4) is 0 Å². The van der Waals surface area contributed by atoms with Crippen LogP contribution >= 0.6 is 11.6 Å². The first kappa shape index (κ1) is 17.5. The standard InChI is InChI=1S/C16H17ClN2O3S/c1-11-3-5-12(6-4-11)10-19-16(20)13-7-8-14(17)15(9-13)23(21,22)18-2/h3-9,18H,10H2,1-2H3,(H,19,20). The number of carbonyl (C=O) groups is 1. The number of amides is 1. The fourth-order valence-electron chi connectivity index (χ4n) is 1.95. The third-order valence-corrected chi connectivity index (χ3v) is 5.22. The van der Waals surface area contributed by atoms with Crippen molar-refractivity contribution in [2.24, 2.45) is 0 Å². The van der Waals surface area contributed by atoms with Crippen LogP contribution in [0.2, 0.25) is 5.02 Å². The molecule has 0 atom stereocenters. The largest absolute Gasteiger partial charge is 0.348 e. The third kappa shape index (κ3) is 4.31. The Morgan fingerprint density at radius 3 is 2.39 bits per heavy atom. The van der Waals surface area contributed by atoms with Gasteiger partial charge in [0.15, 0.2) is 0 Å². The van der Waals surface area contributed by atoms with E-state index in [9.17, 15) is 13.2 Å². The third-order valence-electron chi connectivity index (χ3n) is 3.33. The highest BCUT2D eigenvalue weighted by atomic mass is 35.5. The minimum absolute atomic E-state index is 0.0643. The summed E-state index contributed by atoms with van der Waals surface area (Å²) in [5.41, 5.74) is 2.33. The molecule has 2 N–H and O–H groups in total. The lowest BCUT2D eigenvalue weighted by Crippen LogP contribution is -2.24. The zero-order chi connectivity index (χ0) is 17.0. The SMILES string of the molecule is CNS(=O)(=O)c1cc(C(=O)NCc2ccc(C)cc2)ccc1Cl. The molecule has 0 aliphatic heterocycles. The number of hydrogen-bond donors (Lipinski definition) is 2. The first-order chi connectivity index (χ1) is 10.8. The second kappa shape index (κ2) is 7.12. The molecule has 0 aromatic heterocycles. The Morgan fingerprint density at radius 1 is 1.13 bits per heavy atom. The lowest BCUT2D eigenvalue weighted by Gasteiger charge is -2.09. The number of halogens is 1. The molecule has 2 aromatic carbocycles.